The van der Waals surface area contributed by atoms with Gasteiger partial charge in [0, 0.05) is 42.3 Å². The van der Waals surface area contributed by atoms with Gasteiger partial charge in [-0.1, -0.05) is 44.2 Å². The van der Waals surface area contributed by atoms with E-state index in [4.69, 9.17) is 14.5 Å². The summed E-state index contributed by atoms with van der Waals surface area (Å²) in [6.45, 7) is 6.18. The lowest BCUT2D eigenvalue weighted by Crippen LogP contribution is -2.55. The molecule has 1 aromatic carbocycles. The van der Waals surface area contributed by atoms with Gasteiger partial charge in [-0.15, -0.1) is 0 Å². The van der Waals surface area contributed by atoms with E-state index in [1.165, 1.54) is 11.4 Å². The minimum absolute atomic E-state index is 0.0184. The molecule has 2 aliphatic carbocycles. The number of hydrogen-bond donors (Lipinski definition) is 0. The highest BCUT2D eigenvalue weighted by molar-refractivity contribution is 5.61. The first kappa shape index (κ1) is 19.3. The molecule has 1 aliphatic heterocycles. The lowest BCUT2D eigenvalue weighted by atomic mass is 9.55. The van der Waals surface area contributed by atoms with E-state index in [1.807, 2.05) is 17.9 Å². The Hall–Kier alpha value is -2.44. The van der Waals surface area contributed by atoms with Crippen molar-refractivity contribution in [1.82, 2.24) is 19.3 Å². The van der Waals surface area contributed by atoms with Crippen LogP contribution in [0.3, 0.4) is 0 Å². The first-order valence-electron chi connectivity index (χ1n) is 11.5. The van der Waals surface area contributed by atoms with Crippen molar-refractivity contribution in [2.75, 3.05) is 13.2 Å². The normalized spacial score (nSPS) is 29.1. The predicted molar refractivity (Wildman–Crippen MR) is 118 cm³/mol. The molecule has 6 heteroatoms. The van der Waals surface area contributed by atoms with Crippen LogP contribution in [0, 0.1) is 11.8 Å². The summed E-state index contributed by atoms with van der Waals surface area (Å²) in [5.74, 6) is 1.47. The van der Waals surface area contributed by atoms with Gasteiger partial charge in [0.25, 0.3) is 0 Å². The molecule has 6 rings (SSSR count). The Morgan fingerprint density at radius 3 is 2.58 bits per heavy atom. The fourth-order valence-corrected chi connectivity index (χ4v) is 6.46. The molecule has 3 heterocycles. The summed E-state index contributed by atoms with van der Waals surface area (Å²) in [4.78, 5) is 5.36. The highest BCUT2D eigenvalue weighted by Crippen LogP contribution is 2.57. The summed E-state index contributed by atoms with van der Waals surface area (Å²) in [6.07, 6.45) is 8.13. The fourth-order valence-electron chi connectivity index (χ4n) is 6.46. The third-order valence-corrected chi connectivity index (χ3v) is 8.07. The Morgan fingerprint density at radius 1 is 1.10 bits per heavy atom. The zero-order valence-electron chi connectivity index (χ0n) is 18.5. The second kappa shape index (κ2) is 6.78. The van der Waals surface area contributed by atoms with Crippen molar-refractivity contribution in [3.8, 4) is 17.1 Å². The molecule has 0 radical (unpaired) electrons. The zero-order valence-corrected chi connectivity index (χ0v) is 18.5. The van der Waals surface area contributed by atoms with Gasteiger partial charge in [-0.2, -0.15) is 5.10 Å². The molecule has 2 aromatic heterocycles. The summed E-state index contributed by atoms with van der Waals surface area (Å²) < 4.78 is 16.6. The Balaban J connectivity index is 1.51. The van der Waals surface area contributed by atoms with Gasteiger partial charge in [-0.05, 0) is 25.2 Å². The largest absolute Gasteiger partial charge is 0.347 e. The number of nitrogens with zero attached hydrogens (tertiary/aromatic N) is 4. The van der Waals surface area contributed by atoms with Crippen LogP contribution in [0.4, 0.5) is 0 Å². The number of fused-ring (bicyclic) bond motifs is 3. The van der Waals surface area contributed by atoms with Crippen molar-refractivity contribution >= 4 is 0 Å². The number of benzene rings is 1. The average Bonchev–Trinajstić information content (AvgIpc) is 3.51. The molecule has 3 aliphatic rings. The van der Waals surface area contributed by atoms with Crippen LogP contribution in [0.25, 0.3) is 17.1 Å². The second-order valence-electron chi connectivity index (χ2n) is 9.66. The summed E-state index contributed by atoms with van der Waals surface area (Å²) in [5, 5.41) is 4.45. The maximum atomic E-state index is 6.19. The van der Waals surface area contributed by atoms with Crippen molar-refractivity contribution in [3.05, 3.63) is 54.1 Å². The van der Waals surface area contributed by atoms with Crippen molar-refractivity contribution in [2.45, 2.75) is 50.7 Å². The van der Waals surface area contributed by atoms with E-state index < -0.39 is 5.79 Å². The van der Waals surface area contributed by atoms with Crippen molar-refractivity contribution in [1.29, 1.82) is 0 Å². The summed E-state index contributed by atoms with van der Waals surface area (Å²) in [6, 6.07) is 10.5. The van der Waals surface area contributed by atoms with Gasteiger partial charge in [-0.3, -0.25) is 9.25 Å². The quantitative estimate of drug-likeness (QED) is 0.624. The molecular formula is C25H30N4O2. The predicted octanol–water partition coefficient (Wildman–Crippen LogP) is 4.27. The smallest absolute Gasteiger partial charge is 0.171 e. The number of imidazole rings is 1. The number of ether oxygens (including phenoxy) is 2. The molecule has 162 valence electrons. The van der Waals surface area contributed by atoms with Crippen molar-refractivity contribution in [2.24, 2.45) is 18.9 Å². The molecule has 3 atom stereocenters. The van der Waals surface area contributed by atoms with Gasteiger partial charge in [0.1, 0.15) is 5.82 Å². The Labute approximate surface area is 183 Å². The lowest BCUT2D eigenvalue weighted by Gasteiger charge is -2.53. The van der Waals surface area contributed by atoms with Crippen LogP contribution in [-0.4, -0.2) is 38.3 Å². The molecular weight excluding hydrogens is 388 g/mol. The Kier molecular flexibility index (Phi) is 4.21. The average molecular weight is 419 g/mol. The first-order chi connectivity index (χ1) is 15.0. The van der Waals surface area contributed by atoms with Crippen molar-refractivity contribution in [3.63, 3.8) is 0 Å². The van der Waals surface area contributed by atoms with E-state index in [9.17, 15) is 0 Å². The van der Waals surface area contributed by atoms with Gasteiger partial charge in [-0.25, -0.2) is 4.98 Å². The third-order valence-electron chi connectivity index (χ3n) is 8.07. The maximum Gasteiger partial charge on any atom is 0.171 e. The van der Waals surface area contributed by atoms with Crippen LogP contribution in [0.1, 0.15) is 44.5 Å². The van der Waals surface area contributed by atoms with Gasteiger partial charge in [0.05, 0.1) is 30.8 Å². The van der Waals surface area contributed by atoms with E-state index >= 15 is 0 Å². The molecule has 0 bridgehead atoms. The van der Waals surface area contributed by atoms with Crippen LogP contribution >= 0.6 is 0 Å². The number of aryl methyl sites for hydroxylation is 1. The molecule has 6 nitrogen and oxygen atoms in total. The Morgan fingerprint density at radius 2 is 1.87 bits per heavy atom. The minimum Gasteiger partial charge on any atom is -0.347 e. The van der Waals surface area contributed by atoms with Crippen LogP contribution < -0.4 is 0 Å². The van der Waals surface area contributed by atoms with Crippen LogP contribution in [0.2, 0.25) is 0 Å². The lowest BCUT2D eigenvalue weighted by molar-refractivity contribution is -0.234. The SMILES string of the molecule is C[C@H]1[C@@H]2CCc3c(nc(-c4ccccc4)n3-c3cnn(C)c3)[C@@]2(C)CCC12OCCO2. The Bertz CT molecular complexity index is 1110. The van der Waals surface area contributed by atoms with Crippen LogP contribution in [-0.2, 0) is 28.4 Å². The molecule has 31 heavy (non-hydrogen) atoms. The standard InChI is InChI=1S/C25H30N4O2/c1-17-20-9-10-21-22(24(20,2)11-12-25(17)30-13-14-31-25)27-23(18-7-5-4-6-8-18)29(21)19-15-26-28(3)16-19/h4-8,15-17,20H,9-14H2,1-3H3/t17-,20-,24-/m0/s1. The first-order valence-corrected chi connectivity index (χ1v) is 11.5. The van der Waals surface area contributed by atoms with E-state index in [0.29, 0.717) is 25.0 Å². The maximum absolute atomic E-state index is 6.19. The van der Waals surface area contributed by atoms with Gasteiger partial charge < -0.3 is 9.47 Å². The highest BCUT2D eigenvalue weighted by Gasteiger charge is 2.58. The number of hydrogen-bond acceptors (Lipinski definition) is 4. The van der Waals surface area contributed by atoms with Gasteiger partial charge >= 0.3 is 0 Å². The summed E-state index contributed by atoms with van der Waals surface area (Å²) in [7, 11) is 1.97. The molecule has 1 saturated carbocycles. The second-order valence-corrected chi connectivity index (χ2v) is 9.66. The highest BCUT2D eigenvalue weighted by atomic mass is 16.7. The number of aromatic nitrogens is 4. The molecule has 1 spiro atoms. The minimum atomic E-state index is -0.393. The topological polar surface area (TPSA) is 54.1 Å². The molecule has 0 amide bonds. The summed E-state index contributed by atoms with van der Waals surface area (Å²) in [5.41, 5.74) is 4.83. The summed E-state index contributed by atoms with van der Waals surface area (Å²) >= 11 is 0. The third kappa shape index (κ3) is 2.71. The zero-order chi connectivity index (χ0) is 21.2. The van der Waals surface area contributed by atoms with E-state index in [2.05, 4.69) is 60.0 Å². The molecule has 3 aromatic rings. The van der Waals surface area contributed by atoms with Crippen LogP contribution in [0.5, 0.6) is 0 Å². The van der Waals surface area contributed by atoms with Crippen LogP contribution in [0.15, 0.2) is 42.7 Å². The van der Waals surface area contributed by atoms with E-state index in [-0.39, 0.29) is 5.41 Å². The fraction of sp³-hybridized carbons (Fsp3) is 0.520. The van der Waals surface area contributed by atoms with Gasteiger partial charge in [0.2, 0.25) is 0 Å². The molecule has 0 unspecified atom stereocenters. The number of rotatable bonds is 2. The van der Waals surface area contributed by atoms with E-state index in [0.717, 1.165) is 42.8 Å². The van der Waals surface area contributed by atoms with E-state index in [1.54, 1.807) is 0 Å². The molecule has 0 N–H and O–H groups in total. The molecule has 1 saturated heterocycles. The van der Waals surface area contributed by atoms with Crippen molar-refractivity contribution < 1.29 is 9.47 Å². The van der Waals surface area contributed by atoms with Gasteiger partial charge in [0.15, 0.2) is 5.79 Å². The molecule has 2 fully saturated rings. The monoisotopic (exact) mass is 418 g/mol.